The van der Waals surface area contributed by atoms with E-state index < -0.39 is 23.0 Å². The number of hydrogen-bond donors (Lipinski definition) is 3. The third kappa shape index (κ3) is 4.66. The van der Waals surface area contributed by atoms with Gasteiger partial charge in [0, 0.05) is 16.6 Å². The molecule has 0 bridgehead atoms. The Balaban J connectivity index is 2.39. The minimum Gasteiger partial charge on any atom is -0.477 e. The van der Waals surface area contributed by atoms with Gasteiger partial charge in [0.1, 0.15) is 5.56 Å². The molecule has 0 unspecified atom stereocenters. The molecular formula is C16H17BrN4O4. The molecule has 1 heterocycles. The molecule has 0 fully saturated rings. The first kappa shape index (κ1) is 18.7. The zero-order chi connectivity index (χ0) is 18.6. The number of carboxylic acid groups (broad SMARTS) is 1. The lowest BCUT2D eigenvalue weighted by Crippen LogP contribution is -2.38. The van der Waals surface area contributed by atoms with E-state index in [1.165, 1.54) is 0 Å². The van der Waals surface area contributed by atoms with E-state index in [4.69, 9.17) is 5.11 Å². The molecule has 0 radical (unpaired) electrons. The molecule has 0 aliphatic carbocycles. The Morgan fingerprint density at radius 3 is 2.48 bits per heavy atom. The van der Waals surface area contributed by atoms with Crippen molar-refractivity contribution in [2.45, 2.75) is 13.8 Å². The molecule has 1 aromatic carbocycles. The maximum Gasteiger partial charge on any atom is 0.343 e. The zero-order valence-corrected chi connectivity index (χ0v) is 15.2. The third-order valence-corrected chi connectivity index (χ3v) is 3.71. The molecule has 0 saturated carbocycles. The standard InChI is InChI=1S/C16H17BrN4O4/c1-9(2)7-18-16-19-8-12(15(24)25)14(23)21(16)20-13(22)10-3-5-11(17)6-4-10/h3-6,8-9H,7H2,1-2H3,(H,18,19)(H,20,22)(H,24,25). The summed E-state index contributed by atoms with van der Waals surface area (Å²) >= 11 is 3.27. The molecule has 0 spiro atoms. The van der Waals surface area contributed by atoms with E-state index in [9.17, 15) is 14.4 Å². The van der Waals surface area contributed by atoms with Crippen LogP contribution >= 0.6 is 15.9 Å². The largest absolute Gasteiger partial charge is 0.477 e. The Hall–Kier alpha value is -2.68. The first-order valence-corrected chi connectivity index (χ1v) is 8.25. The molecule has 0 aliphatic rings. The molecular weight excluding hydrogens is 392 g/mol. The van der Waals surface area contributed by atoms with Crippen LogP contribution in [-0.2, 0) is 0 Å². The smallest absolute Gasteiger partial charge is 0.343 e. The van der Waals surface area contributed by atoms with Crippen LogP contribution in [0.25, 0.3) is 0 Å². The summed E-state index contributed by atoms with van der Waals surface area (Å²) in [6.45, 7) is 4.41. The van der Waals surface area contributed by atoms with Crippen molar-refractivity contribution in [2.24, 2.45) is 5.92 Å². The first-order chi connectivity index (χ1) is 11.8. The van der Waals surface area contributed by atoms with Gasteiger partial charge in [-0.25, -0.2) is 9.78 Å². The van der Waals surface area contributed by atoms with Crippen molar-refractivity contribution >= 4 is 33.8 Å². The van der Waals surface area contributed by atoms with Gasteiger partial charge >= 0.3 is 5.97 Å². The maximum atomic E-state index is 12.4. The van der Waals surface area contributed by atoms with Gasteiger partial charge in [-0.3, -0.25) is 15.0 Å². The normalized spacial score (nSPS) is 10.6. The highest BCUT2D eigenvalue weighted by Gasteiger charge is 2.18. The number of anilines is 1. The van der Waals surface area contributed by atoms with Crippen molar-refractivity contribution in [3.63, 3.8) is 0 Å². The maximum absolute atomic E-state index is 12.4. The summed E-state index contributed by atoms with van der Waals surface area (Å²) in [5.41, 5.74) is 1.29. The Bertz CT molecular complexity index is 846. The lowest BCUT2D eigenvalue weighted by molar-refractivity contribution is 0.0693. The van der Waals surface area contributed by atoms with Crippen molar-refractivity contribution in [2.75, 3.05) is 17.3 Å². The summed E-state index contributed by atoms with van der Waals surface area (Å²) in [5.74, 6) is -1.66. The number of rotatable bonds is 6. The Kier molecular flexibility index (Phi) is 5.92. The lowest BCUT2D eigenvalue weighted by atomic mass is 10.2. The van der Waals surface area contributed by atoms with Crippen LogP contribution in [0.2, 0.25) is 0 Å². The number of aromatic carboxylic acids is 1. The van der Waals surface area contributed by atoms with Gasteiger partial charge in [-0.2, -0.15) is 4.68 Å². The molecule has 25 heavy (non-hydrogen) atoms. The second-order valence-electron chi connectivity index (χ2n) is 5.66. The summed E-state index contributed by atoms with van der Waals surface area (Å²) in [7, 11) is 0. The molecule has 1 aromatic heterocycles. The number of hydrogen-bond acceptors (Lipinski definition) is 5. The number of nitrogens with zero attached hydrogens (tertiary/aromatic N) is 2. The Morgan fingerprint density at radius 2 is 1.92 bits per heavy atom. The number of carboxylic acids is 1. The second kappa shape index (κ2) is 7.93. The predicted octanol–water partition coefficient (Wildman–Crippen LogP) is 2.16. The van der Waals surface area contributed by atoms with Crippen molar-refractivity contribution in [1.82, 2.24) is 9.66 Å². The fourth-order valence-corrected chi connectivity index (χ4v) is 2.16. The molecule has 0 aliphatic heterocycles. The average molecular weight is 409 g/mol. The van der Waals surface area contributed by atoms with E-state index in [1.807, 2.05) is 13.8 Å². The monoisotopic (exact) mass is 408 g/mol. The van der Waals surface area contributed by atoms with Crippen LogP contribution < -0.4 is 16.3 Å². The zero-order valence-electron chi connectivity index (χ0n) is 13.6. The van der Waals surface area contributed by atoms with Crippen molar-refractivity contribution in [3.05, 3.63) is 56.4 Å². The van der Waals surface area contributed by atoms with E-state index in [2.05, 4.69) is 31.7 Å². The van der Waals surface area contributed by atoms with Gasteiger partial charge in [0.2, 0.25) is 5.95 Å². The van der Waals surface area contributed by atoms with E-state index in [0.717, 1.165) is 15.3 Å². The number of carbonyl (C=O) groups is 2. The summed E-state index contributed by atoms with van der Waals surface area (Å²) in [5, 5.41) is 12.0. The lowest BCUT2D eigenvalue weighted by Gasteiger charge is -2.15. The molecule has 2 rings (SSSR count). The Morgan fingerprint density at radius 1 is 1.28 bits per heavy atom. The molecule has 3 N–H and O–H groups in total. The van der Waals surface area contributed by atoms with E-state index in [0.29, 0.717) is 12.1 Å². The number of carbonyl (C=O) groups excluding carboxylic acids is 1. The van der Waals surface area contributed by atoms with Gasteiger partial charge in [-0.05, 0) is 30.2 Å². The fraction of sp³-hybridized carbons (Fsp3) is 0.250. The third-order valence-electron chi connectivity index (χ3n) is 3.18. The van der Waals surface area contributed by atoms with Crippen LogP contribution in [0.3, 0.4) is 0 Å². The molecule has 9 heteroatoms. The van der Waals surface area contributed by atoms with Crippen LogP contribution in [-0.4, -0.2) is 33.2 Å². The second-order valence-corrected chi connectivity index (χ2v) is 6.58. The van der Waals surface area contributed by atoms with Crippen LogP contribution in [0, 0.1) is 5.92 Å². The number of amides is 1. The van der Waals surface area contributed by atoms with Crippen molar-refractivity contribution in [1.29, 1.82) is 0 Å². The predicted molar refractivity (Wildman–Crippen MR) is 96.6 cm³/mol. The van der Waals surface area contributed by atoms with Crippen LogP contribution in [0.4, 0.5) is 5.95 Å². The quantitative estimate of drug-likeness (QED) is 0.674. The average Bonchev–Trinajstić information content (AvgIpc) is 2.55. The minimum atomic E-state index is -1.42. The SMILES string of the molecule is CC(C)CNc1ncc(C(=O)O)c(=O)n1NC(=O)c1ccc(Br)cc1. The number of nitrogens with one attached hydrogen (secondary N) is 2. The molecule has 1 amide bonds. The summed E-state index contributed by atoms with van der Waals surface area (Å²) in [4.78, 5) is 39.8. The number of benzene rings is 1. The Labute approximate surface area is 152 Å². The summed E-state index contributed by atoms with van der Waals surface area (Å²) < 4.78 is 1.62. The molecule has 8 nitrogen and oxygen atoms in total. The number of aromatic nitrogens is 2. The van der Waals surface area contributed by atoms with E-state index in [1.54, 1.807) is 24.3 Å². The van der Waals surface area contributed by atoms with Crippen molar-refractivity contribution < 1.29 is 14.7 Å². The van der Waals surface area contributed by atoms with Gasteiger partial charge in [0.15, 0.2) is 0 Å². The van der Waals surface area contributed by atoms with Gasteiger partial charge in [-0.1, -0.05) is 29.8 Å². The molecule has 2 aromatic rings. The topological polar surface area (TPSA) is 113 Å². The highest BCUT2D eigenvalue weighted by molar-refractivity contribution is 9.10. The summed E-state index contributed by atoms with van der Waals surface area (Å²) in [6, 6.07) is 6.50. The van der Waals surface area contributed by atoms with E-state index >= 15 is 0 Å². The highest BCUT2D eigenvalue weighted by atomic mass is 79.9. The highest BCUT2D eigenvalue weighted by Crippen LogP contribution is 2.11. The van der Waals surface area contributed by atoms with Crippen LogP contribution in [0.5, 0.6) is 0 Å². The first-order valence-electron chi connectivity index (χ1n) is 7.45. The van der Waals surface area contributed by atoms with Gasteiger partial charge in [0.05, 0.1) is 6.20 Å². The molecule has 0 atom stereocenters. The van der Waals surface area contributed by atoms with Gasteiger partial charge in [-0.15, -0.1) is 0 Å². The van der Waals surface area contributed by atoms with Crippen molar-refractivity contribution in [3.8, 4) is 0 Å². The van der Waals surface area contributed by atoms with Crippen LogP contribution in [0.15, 0.2) is 39.7 Å². The molecule has 132 valence electrons. The fourth-order valence-electron chi connectivity index (χ4n) is 1.89. The molecule has 0 saturated heterocycles. The van der Waals surface area contributed by atoms with E-state index in [-0.39, 0.29) is 11.9 Å². The van der Waals surface area contributed by atoms with Crippen LogP contribution in [0.1, 0.15) is 34.6 Å². The van der Waals surface area contributed by atoms with Gasteiger partial charge in [0.25, 0.3) is 11.5 Å². The van der Waals surface area contributed by atoms with Gasteiger partial charge < -0.3 is 10.4 Å². The number of halogens is 1. The summed E-state index contributed by atoms with van der Waals surface area (Å²) in [6.07, 6.45) is 0.968. The minimum absolute atomic E-state index is 0.0640.